The lowest BCUT2D eigenvalue weighted by molar-refractivity contribution is -0.137. The lowest BCUT2D eigenvalue weighted by Crippen LogP contribution is -2.38. The molecule has 0 spiro atoms. The van der Waals surface area contributed by atoms with E-state index in [1.807, 2.05) is 6.92 Å². The molecular weight excluding hydrogens is 360 g/mol. The third-order valence-corrected chi connectivity index (χ3v) is 4.05. The Balaban J connectivity index is 1.90. The molecule has 0 aliphatic carbocycles. The number of alkyl halides is 3. The second-order valence-corrected chi connectivity index (χ2v) is 6.56. The van der Waals surface area contributed by atoms with E-state index in [1.54, 1.807) is 25.1 Å². The predicted octanol–water partition coefficient (Wildman–Crippen LogP) is 4.78. The Morgan fingerprint density at radius 3 is 2.30 bits per heavy atom. The van der Waals surface area contributed by atoms with E-state index >= 15 is 0 Å². The van der Waals surface area contributed by atoms with Gasteiger partial charge in [-0.3, -0.25) is 4.79 Å². The molecular formula is C20H22F4N2O. The minimum Gasteiger partial charge on any atom is -0.325 e. The lowest BCUT2D eigenvalue weighted by atomic mass is 10.1. The third-order valence-electron chi connectivity index (χ3n) is 4.05. The second kappa shape index (κ2) is 8.99. The van der Waals surface area contributed by atoms with Gasteiger partial charge in [0.05, 0.1) is 11.3 Å². The van der Waals surface area contributed by atoms with Gasteiger partial charge < -0.3 is 10.6 Å². The van der Waals surface area contributed by atoms with Gasteiger partial charge in [0.25, 0.3) is 0 Å². The van der Waals surface area contributed by atoms with Crippen molar-refractivity contribution in [2.45, 2.75) is 44.9 Å². The van der Waals surface area contributed by atoms with Gasteiger partial charge in [-0.2, -0.15) is 13.2 Å². The molecule has 0 aliphatic rings. The van der Waals surface area contributed by atoms with E-state index < -0.39 is 17.6 Å². The van der Waals surface area contributed by atoms with Gasteiger partial charge in [0.2, 0.25) is 5.91 Å². The fourth-order valence-electron chi connectivity index (χ4n) is 2.92. The molecule has 0 aromatic heterocycles. The largest absolute Gasteiger partial charge is 0.418 e. The number of carbonyl (C=O) groups excluding carboxylic acids is 1. The number of benzene rings is 2. The smallest absolute Gasteiger partial charge is 0.325 e. The Kier molecular flexibility index (Phi) is 6.96. The topological polar surface area (TPSA) is 41.1 Å². The molecule has 1 amide bonds. The van der Waals surface area contributed by atoms with Crippen LogP contribution in [-0.2, 0) is 17.4 Å². The van der Waals surface area contributed by atoms with Crippen LogP contribution in [0.5, 0.6) is 0 Å². The van der Waals surface area contributed by atoms with Gasteiger partial charge in [0, 0.05) is 18.5 Å². The van der Waals surface area contributed by atoms with Crippen LogP contribution in [0.1, 0.15) is 31.4 Å². The normalized spacial score (nSPS) is 13.9. The summed E-state index contributed by atoms with van der Waals surface area (Å²) in [6, 6.07) is 10.9. The third kappa shape index (κ3) is 6.36. The Morgan fingerprint density at radius 2 is 1.63 bits per heavy atom. The molecule has 7 heteroatoms. The molecule has 146 valence electrons. The second-order valence-electron chi connectivity index (χ2n) is 6.56. The van der Waals surface area contributed by atoms with E-state index in [-0.39, 0.29) is 30.0 Å². The molecule has 2 aromatic rings. The van der Waals surface area contributed by atoms with Gasteiger partial charge in [-0.05, 0) is 44.0 Å². The standard InChI is InChI=1S/C20H22F4N2O/c1-13(11-15-7-3-5-9-17(15)21)25-14(2)12-19(27)26-18-10-6-4-8-16(18)20(22,23)24/h3-10,13-14,25H,11-12H2,1-2H3,(H,26,27). The van der Waals surface area contributed by atoms with E-state index in [9.17, 15) is 22.4 Å². The number of halogens is 4. The van der Waals surface area contributed by atoms with Crippen molar-refractivity contribution in [1.29, 1.82) is 0 Å². The average Bonchev–Trinajstić information content (AvgIpc) is 2.56. The molecule has 0 fully saturated rings. The highest BCUT2D eigenvalue weighted by Gasteiger charge is 2.33. The van der Waals surface area contributed by atoms with Crippen molar-refractivity contribution in [3.8, 4) is 0 Å². The highest BCUT2D eigenvalue weighted by atomic mass is 19.4. The molecule has 0 radical (unpaired) electrons. The predicted molar refractivity (Wildman–Crippen MR) is 96.9 cm³/mol. The molecule has 0 saturated heterocycles. The lowest BCUT2D eigenvalue weighted by Gasteiger charge is -2.20. The summed E-state index contributed by atoms with van der Waals surface area (Å²) in [7, 11) is 0. The first-order valence-corrected chi connectivity index (χ1v) is 8.62. The van der Waals surface area contributed by atoms with Crippen LogP contribution in [0.2, 0.25) is 0 Å². The highest BCUT2D eigenvalue weighted by Crippen LogP contribution is 2.34. The fourth-order valence-corrected chi connectivity index (χ4v) is 2.92. The Hall–Kier alpha value is -2.41. The molecule has 27 heavy (non-hydrogen) atoms. The average molecular weight is 382 g/mol. The van der Waals surface area contributed by atoms with Crippen molar-refractivity contribution >= 4 is 11.6 Å². The van der Waals surface area contributed by atoms with Crippen molar-refractivity contribution in [2.75, 3.05) is 5.32 Å². The van der Waals surface area contributed by atoms with E-state index in [1.165, 1.54) is 24.3 Å². The molecule has 2 unspecified atom stereocenters. The SMILES string of the molecule is CC(CC(=O)Nc1ccccc1C(F)(F)F)NC(C)Cc1ccccc1F. The summed E-state index contributed by atoms with van der Waals surface area (Å²) < 4.78 is 52.6. The Morgan fingerprint density at radius 1 is 1.00 bits per heavy atom. The Labute approximate surface area is 155 Å². The van der Waals surface area contributed by atoms with Gasteiger partial charge in [-0.1, -0.05) is 30.3 Å². The number of hydrogen-bond donors (Lipinski definition) is 2. The molecule has 0 heterocycles. The zero-order valence-corrected chi connectivity index (χ0v) is 15.1. The van der Waals surface area contributed by atoms with Crippen LogP contribution in [0.4, 0.5) is 23.2 Å². The molecule has 0 aliphatic heterocycles. The number of amides is 1. The molecule has 2 atom stereocenters. The van der Waals surface area contributed by atoms with Crippen molar-refractivity contribution in [2.24, 2.45) is 0 Å². The fraction of sp³-hybridized carbons (Fsp3) is 0.350. The van der Waals surface area contributed by atoms with Gasteiger partial charge >= 0.3 is 6.18 Å². The summed E-state index contributed by atoms with van der Waals surface area (Å²) in [6.07, 6.45) is -4.11. The van der Waals surface area contributed by atoms with Crippen LogP contribution in [0.15, 0.2) is 48.5 Å². The van der Waals surface area contributed by atoms with Crippen molar-refractivity contribution < 1.29 is 22.4 Å². The van der Waals surface area contributed by atoms with Gasteiger partial charge in [0.15, 0.2) is 0 Å². The summed E-state index contributed by atoms with van der Waals surface area (Å²) in [5, 5.41) is 5.49. The van der Waals surface area contributed by atoms with Crippen LogP contribution >= 0.6 is 0 Å². The maximum Gasteiger partial charge on any atom is 0.418 e. The minimum absolute atomic E-state index is 0.00615. The maximum atomic E-state index is 13.7. The van der Waals surface area contributed by atoms with Crippen LogP contribution in [0.3, 0.4) is 0 Å². The van der Waals surface area contributed by atoms with Crippen molar-refractivity contribution in [1.82, 2.24) is 5.32 Å². The first-order valence-electron chi connectivity index (χ1n) is 8.62. The molecule has 0 bridgehead atoms. The Bertz CT molecular complexity index is 777. The van der Waals surface area contributed by atoms with E-state index in [2.05, 4.69) is 10.6 Å². The van der Waals surface area contributed by atoms with Gasteiger partial charge in [-0.25, -0.2) is 4.39 Å². The minimum atomic E-state index is -4.54. The monoisotopic (exact) mass is 382 g/mol. The highest BCUT2D eigenvalue weighted by molar-refractivity contribution is 5.92. The van der Waals surface area contributed by atoms with Crippen molar-refractivity contribution in [3.05, 3.63) is 65.5 Å². The summed E-state index contributed by atoms with van der Waals surface area (Å²) in [6.45, 7) is 3.62. The first kappa shape index (κ1) is 20.9. The van der Waals surface area contributed by atoms with Crippen LogP contribution in [0.25, 0.3) is 0 Å². The quantitative estimate of drug-likeness (QED) is 0.677. The molecule has 3 nitrogen and oxygen atoms in total. The van der Waals surface area contributed by atoms with Crippen molar-refractivity contribution in [3.63, 3.8) is 0 Å². The number of anilines is 1. The first-order chi connectivity index (χ1) is 12.7. The summed E-state index contributed by atoms with van der Waals surface area (Å²) in [5.74, 6) is -0.815. The summed E-state index contributed by atoms with van der Waals surface area (Å²) in [4.78, 5) is 12.1. The van der Waals surface area contributed by atoms with Gasteiger partial charge in [-0.15, -0.1) is 0 Å². The van der Waals surface area contributed by atoms with Gasteiger partial charge in [0.1, 0.15) is 5.82 Å². The number of carbonyl (C=O) groups is 1. The molecule has 2 N–H and O–H groups in total. The van der Waals surface area contributed by atoms with Crippen LogP contribution < -0.4 is 10.6 Å². The number of rotatable bonds is 7. The van der Waals surface area contributed by atoms with E-state index in [4.69, 9.17) is 0 Å². The number of para-hydroxylation sites is 1. The summed E-state index contributed by atoms with van der Waals surface area (Å²) in [5.41, 5.74) is -0.582. The maximum absolute atomic E-state index is 13.7. The zero-order valence-electron chi connectivity index (χ0n) is 15.1. The summed E-state index contributed by atoms with van der Waals surface area (Å²) >= 11 is 0. The van der Waals surface area contributed by atoms with Crippen LogP contribution in [-0.4, -0.2) is 18.0 Å². The molecule has 2 aromatic carbocycles. The molecule has 2 rings (SSSR count). The van der Waals surface area contributed by atoms with Crippen LogP contribution in [0, 0.1) is 5.82 Å². The van der Waals surface area contributed by atoms with E-state index in [0.717, 1.165) is 6.07 Å². The molecule has 0 saturated carbocycles. The van der Waals surface area contributed by atoms with E-state index in [0.29, 0.717) is 12.0 Å². The number of nitrogens with one attached hydrogen (secondary N) is 2. The zero-order chi connectivity index (χ0) is 20.0. The number of hydrogen-bond acceptors (Lipinski definition) is 2.